The molecule has 0 amide bonds. The predicted octanol–water partition coefficient (Wildman–Crippen LogP) is 2.13. The van der Waals surface area contributed by atoms with E-state index in [1.54, 1.807) is 12.4 Å². The number of ketones is 2. The van der Waals surface area contributed by atoms with Crippen molar-refractivity contribution in [3.8, 4) is 0 Å². The Morgan fingerprint density at radius 3 is 2.52 bits per heavy atom. The Morgan fingerprint density at radius 2 is 1.81 bits per heavy atom. The number of rotatable bonds is 7. The first-order valence-electron chi connectivity index (χ1n) is 10.7. The van der Waals surface area contributed by atoms with Gasteiger partial charge < -0.3 is 15.1 Å². The Bertz CT molecular complexity index is 987. The summed E-state index contributed by atoms with van der Waals surface area (Å²) in [6.07, 6.45) is 4.88. The number of carbonyl (C=O) groups excluding carboxylic acids is 3. The van der Waals surface area contributed by atoms with Crippen LogP contribution in [0.25, 0.3) is 10.9 Å². The van der Waals surface area contributed by atoms with Gasteiger partial charge in [-0.2, -0.15) is 0 Å². The highest BCUT2D eigenvalue weighted by Crippen LogP contribution is 2.37. The number of allylic oxidation sites excluding steroid dienone is 1. The number of fused-ring (bicyclic) bond motifs is 1. The monoisotopic (exact) mass is 442 g/mol. The van der Waals surface area contributed by atoms with Gasteiger partial charge in [-0.25, -0.2) is 0 Å². The number of hydrogen-bond donors (Lipinski definition) is 2. The zero-order valence-electron chi connectivity index (χ0n) is 17.4. The molecule has 1 saturated heterocycles. The maximum atomic E-state index is 12.7. The number of Topliss-reactive ketones (excluding diaryl/α,β-unsaturated/α-hetero) is 2. The molecule has 2 aliphatic rings. The molecule has 1 saturated carbocycles. The number of aromatic amines is 1. The fourth-order valence-electron chi connectivity index (χ4n) is 4.48. The maximum Gasteiger partial charge on any atom is 0.168 e. The van der Waals surface area contributed by atoms with E-state index in [9.17, 15) is 14.4 Å². The Morgan fingerprint density at radius 1 is 1.10 bits per heavy atom. The molecule has 1 aliphatic carbocycles. The van der Waals surface area contributed by atoms with E-state index in [0.717, 1.165) is 55.5 Å². The second-order valence-corrected chi connectivity index (χ2v) is 8.59. The zero-order valence-corrected chi connectivity index (χ0v) is 18.2. The highest BCUT2D eigenvalue weighted by atomic mass is 35.5. The van der Waals surface area contributed by atoms with E-state index in [-0.39, 0.29) is 23.1 Å². The summed E-state index contributed by atoms with van der Waals surface area (Å²) >= 11 is 6.33. The summed E-state index contributed by atoms with van der Waals surface area (Å²) in [5, 5.41) is 4.66. The van der Waals surface area contributed by atoms with Gasteiger partial charge in [0.25, 0.3) is 0 Å². The number of piperazine rings is 1. The first-order chi connectivity index (χ1) is 15.1. The van der Waals surface area contributed by atoms with Crippen LogP contribution in [0.5, 0.6) is 0 Å². The Kier molecular flexibility index (Phi) is 6.85. The van der Waals surface area contributed by atoms with Crippen LogP contribution >= 0.6 is 11.6 Å². The van der Waals surface area contributed by atoms with Crippen molar-refractivity contribution in [1.29, 1.82) is 0 Å². The van der Waals surface area contributed by atoms with E-state index in [0.29, 0.717) is 31.0 Å². The highest BCUT2D eigenvalue weighted by molar-refractivity contribution is 6.36. The van der Waals surface area contributed by atoms with Crippen molar-refractivity contribution < 1.29 is 14.4 Å². The Labute approximate surface area is 186 Å². The molecule has 2 aromatic rings. The van der Waals surface area contributed by atoms with Gasteiger partial charge in [-0.1, -0.05) is 23.7 Å². The summed E-state index contributed by atoms with van der Waals surface area (Å²) in [4.78, 5) is 43.6. The number of hydrogen-bond acceptors (Lipinski definition) is 6. The lowest BCUT2D eigenvalue weighted by atomic mass is 9.79. The molecule has 31 heavy (non-hydrogen) atoms. The number of H-pyrrole nitrogens is 1. The fraction of sp³-hybridized carbons (Fsp3) is 0.435. The van der Waals surface area contributed by atoms with Gasteiger partial charge in [-0.15, -0.1) is 0 Å². The largest absolute Gasteiger partial charge is 0.389 e. The predicted molar refractivity (Wildman–Crippen MR) is 120 cm³/mol. The zero-order chi connectivity index (χ0) is 21.8. The first-order valence-corrected chi connectivity index (χ1v) is 11.1. The van der Waals surface area contributed by atoms with Gasteiger partial charge in [0.1, 0.15) is 6.29 Å². The average Bonchev–Trinajstić information content (AvgIpc) is 3.15. The van der Waals surface area contributed by atoms with Gasteiger partial charge in [0.2, 0.25) is 0 Å². The molecule has 2 fully saturated rings. The van der Waals surface area contributed by atoms with Crippen LogP contribution in [0, 0.1) is 0 Å². The van der Waals surface area contributed by atoms with Gasteiger partial charge in [0.05, 0.1) is 17.1 Å². The Balaban J connectivity index is 1.32. The van der Waals surface area contributed by atoms with E-state index in [4.69, 9.17) is 11.6 Å². The molecule has 1 aromatic carbocycles. The van der Waals surface area contributed by atoms with Crippen LogP contribution < -0.4 is 5.32 Å². The smallest absolute Gasteiger partial charge is 0.168 e. The number of carbonyl (C=O) groups is 3. The molecule has 7 nitrogen and oxygen atoms in total. The minimum atomic E-state index is -0.156. The molecule has 8 heteroatoms. The number of benzene rings is 1. The summed E-state index contributed by atoms with van der Waals surface area (Å²) in [5.74, 6) is -0.406. The highest BCUT2D eigenvalue weighted by Gasteiger charge is 2.32. The molecule has 0 radical (unpaired) electrons. The minimum absolute atomic E-state index is 0.125. The third-order valence-corrected chi connectivity index (χ3v) is 6.51. The van der Waals surface area contributed by atoms with Crippen LogP contribution in [0.4, 0.5) is 0 Å². The molecule has 164 valence electrons. The van der Waals surface area contributed by atoms with Gasteiger partial charge in [-0.3, -0.25) is 19.4 Å². The molecule has 1 aromatic heterocycles. The number of nitrogens with one attached hydrogen (secondary N) is 2. The third-order valence-electron chi connectivity index (χ3n) is 6.21. The molecule has 0 atom stereocenters. The molecule has 0 spiro atoms. The van der Waals surface area contributed by atoms with Crippen LogP contribution in [0.2, 0.25) is 5.02 Å². The molecule has 2 N–H and O–H groups in total. The summed E-state index contributed by atoms with van der Waals surface area (Å²) in [6.45, 7) is 5.59. The number of nitrogens with zero attached hydrogens (tertiary/aromatic N) is 2. The van der Waals surface area contributed by atoms with Crippen LogP contribution in [0.1, 0.15) is 24.3 Å². The lowest BCUT2D eigenvalue weighted by molar-refractivity contribution is -0.124. The van der Waals surface area contributed by atoms with E-state index >= 15 is 0 Å². The van der Waals surface area contributed by atoms with Gasteiger partial charge >= 0.3 is 0 Å². The van der Waals surface area contributed by atoms with E-state index in [2.05, 4.69) is 20.1 Å². The summed E-state index contributed by atoms with van der Waals surface area (Å²) in [5.41, 5.74) is 2.13. The third kappa shape index (κ3) is 4.89. The summed E-state index contributed by atoms with van der Waals surface area (Å²) in [6, 6.07) is 5.81. The second-order valence-electron chi connectivity index (χ2n) is 8.18. The van der Waals surface area contributed by atoms with Crippen molar-refractivity contribution in [1.82, 2.24) is 20.1 Å². The molecule has 0 unspecified atom stereocenters. The Hall–Kier alpha value is -2.48. The topological polar surface area (TPSA) is 85.5 Å². The van der Waals surface area contributed by atoms with E-state index < -0.39 is 0 Å². The quantitative estimate of drug-likeness (QED) is 0.296. The van der Waals surface area contributed by atoms with Crippen LogP contribution in [0.3, 0.4) is 0 Å². The van der Waals surface area contributed by atoms with E-state index in [1.165, 1.54) is 0 Å². The second kappa shape index (κ2) is 9.77. The SMILES string of the molecule is O=CCN1CCN(CCNC=C2C(=O)CC(c3cccc4[nH]cc(Cl)c34)CC2=O)CC1. The number of aromatic nitrogens is 1. The normalized spacial score (nSPS) is 20.9. The summed E-state index contributed by atoms with van der Waals surface area (Å²) < 4.78 is 0. The van der Waals surface area contributed by atoms with Crippen LogP contribution in [-0.2, 0) is 14.4 Å². The number of halogens is 1. The average molecular weight is 443 g/mol. The maximum absolute atomic E-state index is 12.7. The van der Waals surface area contributed by atoms with E-state index in [1.807, 2.05) is 18.2 Å². The minimum Gasteiger partial charge on any atom is -0.389 e. The van der Waals surface area contributed by atoms with Crippen LogP contribution in [-0.4, -0.2) is 78.4 Å². The van der Waals surface area contributed by atoms with Crippen molar-refractivity contribution in [2.24, 2.45) is 0 Å². The van der Waals surface area contributed by atoms with Crippen LogP contribution in [0.15, 0.2) is 36.2 Å². The van der Waals surface area contributed by atoms with Crippen molar-refractivity contribution in [3.63, 3.8) is 0 Å². The van der Waals surface area contributed by atoms with Crippen molar-refractivity contribution >= 4 is 40.4 Å². The van der Waals surface area contributed by atoms with Crippen molar-refractivity contribution in [2.75, 3.05) is 45.8 Å². The molecule has 4 rings (SSSR count). The molecule has 2 heterocycles. The molecular formula is C23H27ClN4O3. The van der Waals surface area contributed by atoms with Crippen molar-refractivity contribution in [3.05, 3.63) is 46.8 Å². The lowest BCUT2D eigenvalue weighted by Gasteiger charge is -2.33. The van der Waals surface area contributed by atoms with Gasteiger partial charge in [0, 0.05) is 75.4 Å². The number of aldehydes is 1. The standard InChI is InChI=1S/C23H27ClN4O3/c24-19-15-26-20-3-1-2-17(23(19)20)16-12-21(30)18(22(31)13-16)14-25-4-5-27-6-8-28(9-7-27)10-11-29/h1-3,11,14-16,25-26H,4-10,12-13H2. The van der Waals surface area contributed by atoms with Gasteiger partial charge in [0.15, 0.2) is 11.6 Å². The lowest BCUT2D eigenvalue weighted by Crippen LogP contribution is -2.48. The van der Waals surface area contributed by atoms with Gasteiger partial charge in [-0.05, 0) is 17.5 Å². The first kappa shape index (κ1) is 21.7. The summed E-state index contributed by atoms with van der Waals surface area (Å²) in [7, 11) is 0. The fourth-order valence-corrected chi connectivity index (χ4v) is 4.75. The van der Waals surface area contributed by atoms with Crippen molar-refractivity contribution in [2.45, 2.75) is 18.8 Å². The molecular weight excluding hydrogens is 416 g/mol. The molecule has 0 bridgehead atoms. The molecule has 1 aliphatic heterocycles.